The summed E-state index contributed by atoms with van der Waals surface area (Å²) >= 11 is 1.53. The topological polar surface area (TPSA) is 146 Å². The summed E-state index contributed by atoms with van der Waals surface area (Å²) in [5.41, 5.74) is 0.742. The molecule has 0 aliphatic rings. The van der Waals surface area contributed by atoms with Crippen LogP contribution in [-0.2, 0) is 14.3 Å². The zero-order valence-electron chi connectivity index (χ0n) is 21.4. The Balaban J connectivity index is 1.87. The first-order valence-corrected chi connectivity index (χ1v) is 13.0. The molecule has 0 fully saturated rings. The quantitative estimate of drug-likeness (QED) is 0.190. The van der Waals surface area contributed by atoms with Crippen molar-refractivity contribution >= 4 is 52.8 Å². The van der Waals surface area contributed by atoms with E-state index in [2.05, 4.69) is 21.3 Å². The molecule has 0 heterocycles. The van der Waals surface area contributed by atoms with Crippen molar-refractivity contribution in [2.45, 2.75) is 63.0 Å². The number of unbranched alkanes of at least 4 members (excludes halogenated alkanes) is 1. The first-order chi connectivity index (χ1) is 17.5. The van der Waals surface area contributed by atoms with Gasteiger partial charge in [-0.25, -0.2) is 9.59 Å². The number of carbonyl (C=O) groups excluding carboxylic acids is 3. The first-order valence-electron chi connectivity index (χ1n) is 11.8. The van der Waals surface area contributed by atoms with Crippen LogP contribution in [0.1, 0.15) is 46.5 Å². The molecule has 5 N–H and O–H groups in total. The second kappa shape index (κ2) is 14.1. The molecule has 11 heteroatoms. The van der Waals surface area contributed by atoms with Gasteiger partial charge in [0.2, 0.25) is 11.8 Å². The monoisotopic (exact) mass is 530 g/mol. The lowest BCUT2D eigenvalue weighted by atomic mass is 10.1. The van der Waals surface area contributed by atoms with Crippen LogP contribution >= 0.6 is 11.8 Å². The zero-order valence-corrected chi connectivity index (χ0v) is 22.2. The first kappa shape index (κ1) is 29.5. The third kappa shape index (κ3) is 11.2. The Morgan fingerprint density at radius 3 is 2.24 bits per heavy atom. The number of carbonyl (C=O) groups is 4. The molecule has 1 unspecified atom stereocenters. The number of ether oxygens (including phenoxy) is 1. The number of hydrogen-bond donors (Lipinski definition) is 5. The van der Waals surface area contributed by atoms with Crippen LogP contribution in [-0.4, -0.2) is 47.0 Å². The average Bonchev–Trinajstić information content (AvgIpc) is 2.81. The maximum Gasteiger partial charge on any atom is 0.412 e. The fourth-order valence-corrected chi connectivity index (χ4v) is 3.77. The molecule has 0 aromatic heterocycles. The van der Waals surface area contributed by atoms with Crippen LogP contribution in [0.15, 0.2) is 53.4 Å². The third-order valence-electron chi connectivity index (χ3n) is 4.93. The van der Waals surface area contributed by atoms with Crippen molar-refractivity contribution < 1.29 is 29.0 Å². The summed E-state index contributed by atoms with van der Waals surface area (Å²) in [6.45, 7) is 5.26. The van der Waals surface area contributed by atoms with E-state index in [1.807, 2.05) is 12.3 Å². The second-order valence-electron chi connectivity index (χ2n) is 9.19. The van der Waals surface area contributed by atoms with E-state index in [-0.39, 0.29) is 18.7 Å². The van der Waals surface area contributed by atoms with E-state index in [0.29, 0.717) is 29.9 Å². The minimum absolute atomic E-state index is 0.151. The molecule has 0 aliphatic carbocycles. The lowest BCUT2D eigenvalue weighted by Crippen LogP contribution is -2.43. The fourth-order valence-electron chi connectivity index (χ4n) is 3.31. The molecule has 0 bridgehead atoms. The van der Waals surface area contributed by atoms with Crippen LogP contribution in [0.2, 0.25) is 0 Å². The second-order valence-corrected chi connectivity index (χ2v) is 10.1. The maximum absolute atomic E-state index is 12.7. The molecule has 0 spiro atoms. The van der Waals surface area contributed by atoms with Gasteiger partial charge in [-0.2, -0.15) is 0 Å². The molecule has 2 rings (SSSR count). The van der Waals surface area contributed by atoms with Crippen molar-refractivity contribution in [1.29, 1.82) is 0 Å². The van der Waals surface area contributed by atoms with Crippen molar-refractivity contribution in [3.05, 3.63) is 48.5 Å². The molecule has 0 saturated carbocycles. The van der Waals surface area contributed by atoms with Gasteiger partial charge in [-0.1, -0.05) is 24.6 Å². The molecule has 10 nitrogen and oxygen atoms in total. The zero-order chi connectivity index (χ0) is 27.4. The van der Waals surface area contributed by atoms with E-state index >= 15 is 0 Å². The number of rotatable bonds is 11. The summed E-state index contributed by atoms with van der Waals surface area (Å²) in [4.78, 5) is 49.4. The Morgan fingerprint density at radius 2 is 1.62 bits per heavy atom. The van der Waals surface area contributed by atoms with Crippen molar-refractivity contribution in [3.63, 3.8) is 0 Å². The van der Waals surface area contributed by atoms with Gasteiger partial charge in [-0.3, -0.25) is 14.9 Å². The van der Waals surface area contributed by atoms with Crippen molar-refractivity contribution in [2.24, 2.45) is 0 Å². The number of benzene rings is 2. The Kier molecular flexibility index (Phi) is 11.3. The summed E-state index contributed by atoms with van der Waals surface area (Å²) in [6, 6.07) is 13.0. The summed E-state index contributed by atoms with van der Waals surface area (Å²) in [5, 5.41) is 19.5. The van der Waals surface area contributed by atoms with Gasteiger partial charge in [-0.05, 0) is 70.2 Å². The van der Waals surface area contributed by atoms with Gasteiger partial charge < -0.3 is 25.8 Å². The largest absolute Gasteiger partial charge is 0.465 e. The van der Waals surface area contributed by atoms with Crippen molar-refractivity contribution in [1.82, 2.24) is 5.32 Å². The summed E-state index contributed by atoms with van der Waals surface area (Å²) in [5.74, 6) is -0.744. The van der Waals surface area contributed by atoms with Crippen molar-refractivity contribution in [2.75, 3.05) is 22.2 Å². The third-order valence-corrected chi connectivity index (χ3v) is 5.66. The Labute approximate surface area is 220 Å². The number of nitrogens with one attached hydrogen (secondary N) is 4. The highest BCUT2D eigenvalue weighted by Crippen LogP contribution is 2.23. The Bertz CT molecular complexity index is 1100. The Hall–Kier alpha value is -3.73. The minimum Gasteiger partial charge on any atom is -0.465 e. The number of thioether (sulfide) groups is 1. The highest BCUT2D eigenvalue weighted by Gasteiger charge is 2.21. The van der Waals surface area contributed by atoms with Crippen LogP contribution < -0.4 is 21.3 Å². The number of amides is 4. The molecule has 2 aromatic rings. The molecule has 1 atom stereocenters. The van der Waals surface area contributed by atoms with Crippen LogP contribution in [0.4, 0.5) is 26.7 Å². The highest BCUT2D eigenvalue weighted by atomic mass is 32.2. The lowest BCUT2D eigenvalue weighted by molar-refractivity contribution is -0.118. The van der Waals surface area contributed by atoms with E-state index < -0.39 is 29.7 Å². The van der Waals surface area contributed by atoms with E-state index in [1.54, 1.807) is 63.2 Å². The van der Waals surface area contributed by atoms with Gasteiger partial charge in [0.15, 0.2) is 0 Å². The minimum atomic E-state index is -1.30. The van der Waals surface area contributed by atoms with Gasteiger partial charge >= 0.3 is 12.2 Å². The number of carboxylic acid groups (broad SMARTS) is 1. The van der Waals surface area contributed by atoms with Crippen LogP contribution in [0.5, 0.6) is 0 Å². The van der Waals surface area contributed by atoms with Crippen molar-refractivity contribution in [3.8, 4) is 0 Å². The van der Waals surface area contributed by atoms with E-state index in [9.17, 15) is 19.2 Å². The molecule has 4 amide bonds. The van der Waals surface area contributed by atoms with Gasteiger partial charge in [-0.15, -0.1) is 11.8 Å². The molecule has 0 saturated heterocycles. The predicted molar refractivity (Wildman–Crippen MR) is 145 cm³/mol. The summed E-state index contributed by atoms with van der Waals surface area (Å²) in [7, 11) is 0. The molecule has 37 heavy (non-hydrogen) atoms. The summed E-state index contributed by atoms with van der Waals surface area (Å²) < 4.78 is 5.25. The highest BCUT2D eigenvalue weighted by molar-refractivity contribution is 7.98. The molecule has 0 radical (unpaired) electrons. The van der Waals surface area contributed by atoms with E-state index in [4.69, 9.17) is 9.84 Å². The van der Waals surface area contributed by atoms with Crippen LogP contribution in [0.25, 0.3) is 0 Å². The van der Waals surface area contributed by atoms with E-state index in [1.165, 1.54) is 11.8 Å². The normalized spacial score (nSPS) is 11.7. The predicted octanol–water partition coefficient (Wildman–Crippen LogP) is 5.53. The SMILES string of the molecule is CSc1cccc(NC(=O)C(CCCCC(=O)Nc2ccccc2NC(=O)OC(C)(C)C)NC(=O)O)c1. The molecule has 0 aliphatic heterocycles. The fraction of sp³-hybridized carbons (Fsp3) is 0.385. The number of hydrogen-bond acceptors (Lipinski definition) is 6. The van der Waals surface area contributed by atoms with Crippen LogP contribution in [0, 0.1) is 0 Å². The number of anilines is 3. The van der Waals surface area contributed by atoms with Gasteiger partial charge in [0, 0.05) is 17.0 Å². The van der Waals surface area contributed by atoms with E-state index in [0.717, 1.165) is 4.90 Å². The maximum atomic E-state index is 12.7. The molecule has 200 valence electrons. The van der Waals surface area contributed by atoms with Gasteiger partial charge in [0.1, 0.15) is 11.6 Å². The van der Waals surface area contributed by atoms with Crippen LogP contribution in [0.3, 0.4) is 0 Å². The molecular weight excluding hydrogens is 496 g/mol. The van der Waals surface area contributed by atoms with Gasteiger partial charge in [0.05, 0.1) is 11.4 Å². The summed E-state index contributed by atoms with van der Waals surface area (Å²) in [6.07, 6.45) is 1.23. The lowest BCUT2D eigenvalue weighted by Gasteiger charge is -2.20. The molecule has 2 aromatic carbocycles. The standard InChI is InChI=1S/C26H34N4O6S/c1-26(2,3)36-25(35)30-20-13-6-5-12-19(20)28-22(31)15-8-7-14-21(29-24(33)34)23(32)27-17-10-9-11-18(16-17)37-4/h5-6,9-13,16,21,29H,7-8,14-15H2,1-4H3,(H,27,32)(H,28,31)(H,30,35)(H,33,34). The van der Waals surface area contributed by atoms with Gasteiger partial charge in [0.25, 0.3) is 0 Å². The smallest absolute Gasteiger partial charge is 0.412 e. The molecular formula is C26H34N4O6S. The number of para-hydroxylation sites is 2. The Morgan fingerprint density at radius 1 is 0.946 bits per heavy atom. The average molecular weight is 531 g/mol.